The molecular weight excluding hydrogens is 236 g/mol. The number of nitrogens with one attached hydrogen (secondary N) is 1. The molecule has 0 spiro atoms. The highest BCUT2D eigenvalue weighted by Gasteiger charge is 2.05. The van der Waals surface area contributed by atoms with Crippen LogP contribution >= 0.6 is 0 Å². The molecule has 1 aromatic carbocycles. The number of benzene rings is 1. The zero-order valence-electron chi connectivity index (χ0n) is 11.5. The summed E-state index contributed by atoms with van der Waals surface area (Å²) in [5.41, 5.74) is 2.50. The third-order valence-corrected chi connectivity index (χ3v) is 3.18. The Morgan fingerprint density at radius 3 is 2.89 bits per heavy atom. The topological polar surface area (TPSA) is 34.1 Å². The smallest absolute Gasteiger partial charge is 0.119 e. The van der Waals surface area contributed by atoms with Crippen molar-refractivity contribution in [1.29, 1.82) is 0 Å². The third-order valence-electron chi connectivity index (χ3n) is 3.18. The van der Waals surface area contributed by atoms with Gasteiger partial charge in [-0.15, -0.1) is 0 Å². The summed E-state index contributed by atoms with van der Waals surface area (Å²) in [4.78, 5) is 4.12. The van der Waals surface area contributed by atoms with Gasteiger partial charge in [-0.25, -0.2) is 0 Å². The Bertz CT molecular complexity index is 499. The number of ether oxygens (including phenoxy) is 1. The van der Waals surface area contributed by atoms with E-state index in [-0.39, 0.29) is 0 Å². The largest absolute Gasteiger partial charge is 0.497 e. The van der Waals surface area contributed by atoms with E-state index in [4.69, 9.17) is 4.74 Å². The van der Waals surface area contributed by atoms with Crippen LogP contribution in [0.25, 0.3) is 0 Å². The highest BCUT2D eigenvalue weighted by atomic mass is 16.5. The number of aromatic nitrogens is 1. The van der Waals surface area contributed by atoms with Crippen molar-refractivity contribution in [2.45, 2.75) is 19.4 Å². The first-order valence-corrected chi connectivity index (χ1v) is 6.56. The fourth-order valence-corrected chi connectivity index (χ4v) is 2.01. The Morgan fingerprint density at radius 1 is 1.26 bits per heavy atom. The monoisotopic (exact) mass is 256 g/mol. The molecule has 1 aromatic heterocycles. The molecule has 0 aliphatic rings. The van der Waals surface area contributed by atoms with Crippen molar-refractivity contribution in [1.82, 2.24) is 10.3 Å². The molecule has 1 N–H and O–H groups in total. The molecule has 19 heavy (non-hydrogen) atoms. The highest BCUT2D eigenvalue weighted by molar-refractivity contribution is 5.30. The van der Waals surface area contributed by atoms with Crippen LogP contribution in [0.1, 0.15) is 24.1 Å². The maximum absolute atomic E-state index is 5.24. The number of nitrogens with zero attached hydrogens (tertiary/aromatic N) is 1. The normalized spacial score (nSPS) is 12.1. The zero-order valence-corrected chi connectivity index (χ0v) is 11.5. The van der Waals surface area contributed by atoms with Gasteiger partial charge in [-0.2, -0.15) is 0 Å². The molecule has 0 amide bonds. The minimum atomic E-state index is 0.312. The maximum Gasteiger partial charge on any atom is 0.119 e. The molecule has 0 aliphatic carbocycles. The summed E-state index contributed by atoms with van der Waals surface area (Å²) in [6.07, 6.45) is 4.70. The third kappa shape index (κ3) is 4.07. The van der Waals surface area contributed by atoms with E-state index in [0.29, 0.717) is 6.04 Å². The van der Waals surface area contributed by atoms with Crippen LogP contribution in [-0.2, 0) is 6.42 Å². The van der Waals surface area contributed by atoms with E-state index in [1.807, 2.05) is 24.4 Å². The van der Waals surface area contributed by atoms with E-state index in [1.165, 1.54) is 11.1 Å². The molecule has 0 bridgehead atoms. The molecule has 3 heteroatoms. The predicted octanol–water partition coefficient (Wildman–Crippen LogP) is 2.98. The molecule has 2 aromatic rings. The van der Waals surface area contributed by atoms with E-state index in [9.17, 15) is 0 Å². The number of hydrogen-bond donors (Lipinski definition) is 1. The van der Waals surface area contributed by atoms with Crippen molar-refractivity contribution < 1.29 is 4.74 Å². The zero-order chi connectivity index (χ0) is 13.5. The van der Waals surface area contributed by atoms with Crippen LogP contribution in [-0.4, -0.2) is 18.6 Å². The molecule has 100 valence electrons. The van der Waals surface area contributed by atoms with Gasteiger partial charge in [-0.05, 0) is 49.2 Å². The molecule has 3 nitrogen and oxygen atoms in total. The highest BCUT2D eigenvalue weighted by Crippen LogP contribution is 2.18. The van der Waals surface area contributed by atoms with Crippen molar-refractivity contribution >= 4 is 0 Å². The minimum absolute atomic E-state index is 0.312. The first kappa shape index (κ1) is 13.6. The molecule has 0 fully saturated rings. The van der Waals surface area contributed by atoms with Gasteiger partial charge in [0.05, 0.1) is 7.11 Å². The average Bonchev–Trinajstić information content (AvgIpc) is 2.48. The van der Waals surface area contributed by atoms with Crippen molar-refractivity contribution in [3.05, 3.63) is 59.9 Å². The Balaban J connectivity index is 1.85. The lowest BCUT2D eigenvalue weighted by atomic mass is 10.1. The Kier molecular flexibility index (Phi) is 4.93. The summed E-state index contributed by atoms with van der Waals surface area (Å²) in [5.74, 6) is 0.901. The second kappa shape index (κ2) is 6.90. The second-order valence-electron chi connectivity index (χ2n) is 4.56. The Morgan fingerprint density at radius 2 is 2.16 bits per heavy atom. The summed E-state index contributed by atoms with van der Waals surface area (Å²) < 4.78 is 5.24. The van der Waals surface area contributed by atoms with Gasteiger partial charge in [0.15, 0.2) is 0 Å². The van der Waals surface area contributed by atoms with E-state index >= 15 is 0 Å². The second-order valence-corrected chi connectivity index (χ2v) is 4.56. The van der Waals surface area contributed by atoms with E-state index in [2.05, 4.69) is 35.4 Å². The van der Waals surface area contributed by atoms with Crippen LogP contribution in [0.5, 0.6) is 5.75 Å². The summed E-state index contributed by atoms with van der Waals surface area (Å²) in [7, 11) is 1.69. The van der Waals surface area contributed by atoms with Gasteiger partial charge in [0.1, 0.15) is 5.75 Å². The molecular formula is C16H20N2O. The van der Waals surface area contributed by atoms with Gasteiger partial charge in [0.25, 0.3) is 0 Å². The van der Waals surface area contributed by atoms with E-state index in [0.717, 1.165) is 18.7 Å². The first-order valence-electron chi connectivity index (χ1n) is 6.56. The molecule has 2 rings (SSSR count). The van der Waals surface area contributed by atoms with Crippen LogP contribution in [0, 0.1) is 0 Å². The standard InChI is InChI=1S/C16H20N2O/c1-13(15-6-3-7-16(11-15)19-2)18-10-8-14-5-4-9-17-12-14/h3-7,9,11-13,18H,8,10H2,1-2H3. The number of pyridine rings is 1. The van der Waals surface area contributed by atoms with Crippen LogP contribution in [0.2, 0.25) is 0 Å². The van der Waals surface area contributed by atoms with E-state index < -0.39 is 0 Å². The average molecular weight is 256 g/mol. The quantitative estimate of drug-likeness (QED) is 0.862. The molecule has 0 saturated heterocycles. The first-order chi connectivity index (χ1) is 9.29. The molecule has 0 aliphatic heterocycles. The fraction of sp³-hybridized carbons (Fsp3) is 0.312. The molecule has 0 radical (unpaired) electrons. The SMILES string of the molecule is COc1cccc(C(C)NCCc2cccnc2)c1. The minimum Gasteiger partial charge on any atom is -0.497 e. The van der Waals surface area contributed by atoms with Gasteiger partial charge in [0.2, 0.25) is 0 Å². The van der Waals surface area contributed by atoms with Crippen LogP contribution < -0.4 is 10.1 Å². The van der Waals surface area contributed by atoms with Crippen molar-refractivity contribution in [3.63, 3.8) is 0 Å². The number of hydrogen-bond acceptors (Lipinski definition) is 3. The van der Waals surface area contributed by atoms with Crippen LogP contribution in [0.4, 0.5) is 0 Å². The lowest BCUT2D eigenvalue weighted by Crippen LogP contribution is -2.21. The van der Waals surface area contributed by atoms with Gasteiger partial charge < -0.3 is 10.1 Å². The Hall–Kier alpha value is -1.87. The van der Waals surface area contributed by atoms with Crippen molar-refractivity contribution in [3.8, 4) is 5.75 Å². The van der Waals surface area contributed by atoms with Crippen LogP contribution in [0.15, 0.2) is 48.8 Å². The molecule has 1 heterocycles. The lowest BCUT2D eigenvalue weighted by molar-refractivity contribution is 0.413. The summed E-state index contributed by atoms with van der Waals surface area (Å²) >= 11 is 0. The van der Waals surface area contributed by atoms with Crippen molar-refractivity contribution in [2.75, 3.05) is 13.7 Å². The molecule has 0 saturated carbocycles. The predicted molar refractivity (Wildman–Crippen MR) is 77.4 cm³/mol. The molecule has 1 unspecified atom stereocenters. The van der Waals surface area contributed by atoms with E-state index in [1.54, 1.807) is 13.3 Å². The summed E-state index contributed by atoms with van der Waals surface area (Å²) in [6, 6.07) is 12.6. The fourth-order valence-electron chi connectivity index (χ4n) is 2.01. The molecule has 1 atom stereocenters. The summed E-state index contributed by atoms with van der Waals surface area (Å²) in [5, 5.41) is 3.52. The number of methoxy groups -OCH3 is 1. The summed E-state index contributed by atoms with van der Waals surface area (Å²) in [6.45, 7) is 3.10. The van der Waals surface area contributed by atoms with Crippen molar-refractivity contribution in [2.24, 2.45) is 0 Å². The lowest BCUT2D eigenvalue weighted by Gasteiger charge is -2.15. The van der Waals surface area contributed by atoms with Gasteiger partial charge in [-0.3, -0.25) is 4.98 Å². The van der Waals surface area contributed by atoms with Gasteiger partial charge in [0, 0.05) is 18.4 Å². The maximum atomic E-state index is 5.24. The van der Waals surface area contributed by atoms with Gasteiger partial charge >= 0.3 is 0 Å². The number of rotatable bonds is 6. The van der Waals surface area contributed by atoms with Crippen LogP contribution in [0.3, 0.4) is 0 Å². The Labute approximate surface area is 114 Å². The van der Waals surface area contributed by atoms with Gasteiger partial charge in [-0.1, -0.05) is 18.2 Å².